The standard InChI is InChI=1S/C23H31N3Si/c1-19(17-24)18-25-15-16-26(23(2,3)4)22(25)27(20-11-7-5-8-12-20)21-13-9-6-10-14-21/h5-14,19,22,27H,15-16,18H2,1-4H3. The summed E-state index contributed by atoms with van der Waals surface area (Å²) in [5.74, 6) is 0.430. The van der Waals surface area contributed by atoms with Gasteiger partial charge in [0.2, 0.25) is 0 Å². The van der Waals surface area contributed by atoms with Crippen LogP contribution in [0, 0.1) is 17.2 Å². The molecule has 4 heteroatoms. The molecule has 0 aromatic heterocycles. The minimum Gasteiger partial charge on any atom is -0.288 e. The van der Waals surface area contributed by atoms with Crippen molar-refractivity contribution >= 4 is 19.2 Å². The zero-order chi connectivity index (χ0) is 19.4. The van der Waals surface area contributed by atoms with Crippen LogP contribution in [0.5, 0.6) is 0 Å². The number of hydrogen-bond acceptors (Lipinski definition) is 3. The zero-order valence-corrected chi connectivity index (χ0v) is 18.1. The van der Waals surface area contributed by atoms with Crippen LogP contribution in [-0.2, 0) is 0 Å². The van der Waals surface area contributed by atoms with Crippen LogP contribution < -0.4 is 10.4 Å². The smallest absolute Gasteiger partial charge is 0.138 e. The maximum absolute atomic E-state index is 9.40. The van der Waals surface area contributed by atoms with Crippen LogP contribution in [0.15, 0.2) is 60.7 Å². The molecule has 3 rings (SSSR count). The van der Waals surface area contributed by atoms with Gasteiger partial charge in [0.1, 0.15) is 8.80 Å². The van der Waals surface area contributed by atoms with E-state index in [1.807, 2.05) is 6.92 Å². The van der Waals surface area contributed by atoms with E-state index >= 15 is 0 Å². The highest BCUT2D eigenvalue weighted by atomic mass is 28.3. The molecule has 1 aliphatic rings. The highest BCUT2D eigenvalue weighted by Gasteiger charge is 2.44. The maximum atomic E-state index is 9.40. The third-order valence-corrected chi connectivity index (χ3v) is 9.11. The minimum atomic E-state index is -1.55. The first-order chi connectivity index (χ1) is 12.9. The molecular formula is C23H31N3Si. The second kappa shape index (κ2) is 8.39. The van der Waals surface area contributed by atoms with Gasteiger partial charge in [-0.2, -0.15) is 5.26 Å². The fraction of sp³-hybridized carbons (Fsp3) is 0.435. The van der Waals surface area contributed by atoms with Gasteiger partial charge in [0, 0.05) is 25.2 Å². The Balaban J connectivity index is 2.08. The lowest BCUT2D eigenvalue weighted by Gasteiger charge is -2.43. The fourth-order valence-corrected chi connectivity index (χ4v) is 8.27. The van der Waals surface area contributed by atoms with Crippen molar-refractivity contribution in [2.24, 2.45) is 5.92 Å². The lowest BCUT2D eigenvalue weighted by molar-refractivity contribution is 0.106. The number of nitriles is 1. The summed E-state index contributed by atoms with van der Waals surface area (Å²) >= 11 is 0. The first-order valence-corrected chi connectivity index (χ1v) is 11.7. The molecule has 0 amide bonds. The zero-order valence-electron chi connectivity index (χ0n) is 17.0. The monoisotopic (exact) mass is 377 g/mol. The Bertz CT molecular complexity index is 724. The molecule has 1 fully saturated rings. The van der Waals surface area contributed by atoms with Crippen LogP contribution >= 0.6 is 0 Å². The highest BCUT2D eigenvalue weighted by molar-refractivity contribution is 6.86. The lowest BCUT2D eigenvalue weighted by atomic mass is 10.1. The van der Waals surface area contributed by atoms with E-state index < -0.39 is 8.80 Å². The Kier molecular flexibility index (Phi) is 6.16. The number of rotatable bonds is 5. The van der Waals surface area contributed by atoms with Crippen LogP contribution in [0.1, 0.15) is 27.7 Å². The first-order valence-electron chi connectivity index (χ1n) is 9.92. The third-order valence-electron chi connectivity index (χ3n) is 5.53. The molecule has 0 radical (unpaired) electrons. The molecule has 1 saturated heterocycles. The molecular weight excluding hydrogens is 346 g/mol. The van der Waals surface area contributed by atoms with E-state index in [-0.39, 0.29) is 11.5 Å². The van der Waals surface area contributed by atoms with Gasteiger partial charge in [-0.25, -0.2) is 0 Å². The van der Waals surface area contributed by atoms with E-state index in [4.69, 9.17) is 0 Å². The quantitative estimate of drug-likeness (QED) is 0.750. The predicted octanol–water partition coefficient (Wildman–Crippen LogP) is 2.47. The van der Waals surface area contributed by atoms with Crippen LogP contribution in [0.3, 0.4) is 0 Å². The lowest BCUT2D eigenvalue weighted by Crippen LogP contribution is -2.64. The predicted molar refractivity (Wildman–Crippen MR) is 116 cm³/mol. The van der Waals surface area contributed by atoms with Crippen molar-refractivity contribution in [3.8, 4) is 6.07 Å². The summed E-state index contributed by atoms with van der Waals surface area (Å²) in [6, 6.07) is 24.5. The Morgan fingerprint density at radius 2 is 1.52 bits per heavy atom. The molecule has 2 aromatic carbocycles. The van der Waals surface area contributed by atoms with Gasteiger partial charge < -0.3 is 0 Å². The largest absolute Gasteiger partial charge is 0.288 e. The topological polar surface area (TPSA) is 30.3 Å². The fourth-order valence-electron chi connectivity index (χ4n) is 4.27. The summed E-state index contributed by atoms with van der Waals surface area (Å²) < 4.78 is 0. The molecule has 0 saturated carbocycles. The van der Waals surface area contributed by atoms with Gasteiger partial charge in [-0.3, -0.25) is 9.80 Å². The highest BCUT2D eigenvalue weighted by Crippen LogP contribution is 2.27. The first kappa shape index (κ1) is 19.8. The van der Waals surface area contributed by atoms with Crippen LogP contribution in [0.2, 0.25) is 0 Å². The van der Waals surface area contributed by atoms with Crippen molar-refractivity contribution in [1.82, 2.24) is 9.80 Å². The second-order valence-corrected chi connectivity index (χ2v) is 11.5. The SMILES string of the molecule is CC(C#N)CN1CCN(C(C)(C)C)C1[SiH](c1ccccc1)c1ccccc1. The van der Waals surface area contributed by atoms with Gasteiger partial charge in [0.15, 0.2) is 0 Å². The number of benzene rings is 2. The summed E-state index contributed by atoms with van der Waals surface area (Å²) in [5.41, 5.74) is 0.101. The van der Waals surface area contributed by atoms with E-state index in [2.05, 4.69) is 97.3 Å². The number of hydrogen-bond donors (Lipinski definition) is 0. The average Bonchev–Trinajstić information content (AvgIpc) is 3.07. The normalized spacial score (nSPS) is 19.9. The molecule has 0 bridgehead atoms. The van der Waals surface area contributed by atoms with Crippen LogP contribution in [-0.4, -0.2) is 49.6 Å². The Hall–Kier alpha value is -1.93. The summed E-state index contributed by atoms with van der Waals surface area (Å²) in [4.78, 5) is 5.25. The van der Waals surface area contributed by atoms with Gasteiger partial charge in [-0.1, -0.05) is 71.0 Å². The summed E-state index contributed by atoms with van der Waals surface area (Å²) in [6.45, 7) is 11.9. The molecule has 27 heavy (non-hydrogen) atoms. The van der Waals surface area contributed by atoms with E-state index in [1.54, 1.807) is 0 Å². The van der Waals surface area contributed by atoms with E-state index in [0.29, 0.717) is 5.79 Å². The van der Waals surface area contributed by atoms with E-state index in [0.717, 1.165) is 19.6 Å². The van der Waals surface area contributed by atoms with Crippen LogP contribution in [0.4, 0.5) is 0 Å². The van der Waals surface area contributed by atoms with Crippen molar-refractivity contribution < 1.29 is 0 Å². The number of nitrogens with zero attached hydrogens (tertiary/aromatic N) is 3. The molecule has 1 aliphatic heterocycles. The van der Waals surface area contributed by atoms with Gasteiger partial charge in [0.25, 0.3) is 0 Å². The molecule has 1 heterocycles. The average molecular weight is 378 g/mol. The molecule has 2 atom stereocenters. The van der Waals surface area contributed by atoms with Crippen molar-refractivity contribution in [2.75, 3.05) is 19.6 Å². The van der Waals surface area contributed by atoms with E-state index in [1.165, 1.54) is 10.4 Å². The van der Waals surface area contributed by atoms with Crippen molar-refractivity contribution in [2.45, 2.75) is 39.0 Å². The Morgan fingerprint density at radius 3 is 1.96 bits per heavy atom. The summed E-state index contributed by atoms with van der Waals surface area (Å²) in [7, 11) is -1.55. The molecule has 0 spiro atoms. The van der Waals surface area contributed by atoms with E-state index in [9.17, 15) is 5.26 Å². The molecule has 3 nitrogen and oxygen atoms in total. The maximum Gasteiger partial charge on any atom is 0.138 e. The molecule has 2 unspecified atom stereocenters. The molecule has 0 aliphatic carbocycles. The second-order valence-electron chi connectivity index (χ2n) is 8.60. The van der Waals surface area contributed by atoms with Gasteiger partial charge in [-0.05, 0) is 27.7 Å². The van der Waals surface area contributed by atoms with Gasteiger partial charge in [0.05, 0.1) is 17.8 Å². The van der Waals surface area contributed by atoms with Gasteiger partial charge >= 0.3 is 0 Å². The Labute approximate surface area is 165 Å². The van der Waals surface area contributed by atoms with Crippen molar-refractivity contribution in [3.63, 3.8) is 0 Å². The third kappa shape index (κ3) is 4.49. The summed E-state index contributed by atoms with van der Waals surface area (Å²) in [5, 5.41) is 12.3. The molecule has 2 aromatic rings. The van der Waals surface area contributed by atoms with Crippen LogP contribution in [0.25, 0.3) is 0 Å². The van der Waals surface area contributed by atoms with Gasteiger partial charge in [-0.15, -0.1) is 0 Å². The summed E-state index contributed by atoms with van der Waals surface area (Å²) in [6.07, 6.45) is 0. The minimum absolute atomic E-state index is 0.0496. The van der Waals surface area contributed by atoms with Crippen molar-refractivity contribution in [3.05, 3.63) is 60.7 Å². The van der Waals surface area contributed by atoms with Crippen molar-refractivity contribution in [1.29, 1.82) is 5.26 Å². The molecule has 142 valence electrons. The Morgan fingerprint density at radius 1 is 1.00 bits per heavy atom. The molecule has 0 N–H and O–H groups in total.